The molecule has 2 fully saturated rings. The van der Waals surface area contributed by atoms with Gasteiger partial charge >= 0.3 is 15.5 Å². The van der Waals surface area contributed by atoms with E-state index in [1.165, 1.54) is 29.8 Å². The van der Waals surface area contributed by atoms with Crippen LogP contribution in [0.4, 0.5) is 18.9 Å². The van der Waals surface area contributed by atoms with Gasteiger partial charge in [-0.1, -0.05) is 0 Å². The Hall–Kier alpha value is -1.81. The highest BCUT2D eigenvalue weighted by molar-refractivity contribution is 7.93. The molecule has 3 rings (SSSR count). The van der Waals surface area contributed by atoms with Gasteiger partial charge in [0.15, 0.2) is 0 Å². The second-order valence-electron chi connectivity index (χ2n) is 6.67. The Morgan fingerprint density at radius 2 is 2.00 bits per heavy atom. The van der Waals surface area contributed by atoms with Gasteiger partial charge in [0, 0.05) is 18.7 Å². The first-order valence-electron chi connectivity index (χ1n) is 8.15. The van der Waals surface area contributed by atoms with Crippen molar-refractivity contribution >= 4 is 21.6 Å². The number of nitrogens with zero attached hydrogens (tertiary/aromatic N) is 1. The van der Waals surface area contributed by atoms with Crippen LogP contribution in [0.3, 0.4) is 0 Å². The molecule has 1 aliphatic carbocycles. The molecule has 6 nitrogen and oxygen atoms in total. The van der Waals surface area contributed by atoms with Crippen molar-refractivity contribution in [2.75, 3.05) is 24.5 Å². The van der Waals surface area contributed by atoms with Crippen LogP contribution in [0.1, 0.15) is 35.2 Å². The molecule has 1 aromatic carbocycles. The Morgan fingerprint density at radius 3 is 2.58 bits per heavy atom. The first kappa shape index (κ1) is 19.0. The third kappa shape index (κ3) is 3.52. The van der Waals surface area contributed by atoms with E-state index >= 15 is 0 Å². The highest BCUT2D eigenvalue weighted by atomic mass is 32.2. The number of benzene rings is 1. The molecular weight excluding hydrogens is 373 g/mol. The fraction of sp³-hybridized carbons (Fsp3) is 0.562. The van der Waals surface area contributed by atoms with Crippen LogP contribution < -0.4 is 4.72 Å². The van der Waals surface area contributed by atoms with E-state index in [2.05, 4.69) is 0 Å². The minimum absolute atomic E-state index is 0.209. The monoisotopic (exact) mass is 392 g/mol. The molecule has 0 bridgehead atoms. The summed E-state index contributed by atoms with van der Waals surface area (Å²) >= 11 is 0. The van der Waals surface area contributed by atoms with Crippen molar-refractivity contribution in [3.05, 3.63) is 29.3 Å². The third-order valence-electron chi connectivity index (χ3n) is 4.71. The number of carbonyl (C=O) groups is 1. The van der Waals surface area contributed by atoms with E-state index < -0.39 is 15.5 Å². The van der Waals surface area contributed by atoms with Gasteiger partial charge in [-0.2, -0.15) is 21.6 Å². The maximum Gasteiger partial charge on any atom is 0.516 e. The van der Waals surface area contributed by atoms with Crippen molar-refractivity contribution in [1.29, 1.82) is 0 Å². The molecule has 2 aliphatic rings. The minimum atomic E-state index is -5.50. The Balaban J connectivity index is 1.82. The number of sulfonamides is 1. The molecular formula is C16H19F3N2O4S. The largest absolute Gasteiger partial charge is 0.516 e. The van der Waals surface area contributed by atoms with Crippen LogP contribution in [-0.2, 0) is 14.8 Å². The Kier molecular flexibility index (Phi) is 4.68. The van der Waals surface area contributed by atoms with E-state index in [0.717, 1.165) is 19.3 Å². The molecule has 0 atom stereocenters. The van der Waals surface area contributed by atoms with Crippen molar-refractivity contribution < 1.29 is 31.1 Å². The molecule has 0 aromatic heterocycles. The van der Waals surface area contributed by atoms with E-state index in [9.17, 15) is 26.4 Å². The number of alkyl halides is 3. The number of anilines is 1. The van der Waals surface area contributed by atoms with Gasteiger partial charge in [0.25, 0.3) is 5.91 Å². The molecule has 10 heteroatoms. The summed E-state index contributed by atoms with van der Waals surface area (Å²) in [5.41, 5.74) is -5.35. The molecule has 1 saturated heterocycles. The normalized spacial score (nSPS) is 19.9. The van der Waals surface area contributed by atoms with E-state index in [4.69, 9.17) is 4.74 Å². The van der Waals surface area contributed by atoms with E-state index in [0.29, 0.717) is 25.3 Å². The second kappa shape index (κ2) is 6.41. The maximum absolute atomic E-state index is 12.9. The van der Waals surface area contributed by atoms with Gasteiger partial charge < -0.3 is 9.64 Å². The number of rotatable bonds is 3. The lowest BCUT2D eigenvalue weighted by molar-refractivity contribution is -0.0429. The third-order valence-corrected chi connectivity index (χ3v) is 5.81. The van der Waals surface area contributed by atoms with Crippen molar-refractivity contribution in [2.45, 2.75) is 37.2 Å². The van der Waals surface area contributed by atoms with Crippen LogP contribution in [0.2, 0.25) is 0 Å². The van der Waals surface area contributed by atoms with Crippen LogP contribution in [0.25, 0.3) is 0 Å². The Labute approximate surface area is 149 Å². The molecule has 144 valence electrons. The lowest BCUT2D eigenvalue weighted by Crippen LogP contribution is -2.44. The number of ether oxygens (including phenoxy) is 1. The molecule has 1 aromatic rings. The molecule has 1 heterocycles. The highest BCUT2D eigenvalue weighted by Crippen LogP contribution is 2.44. The zero-order valence-corrected chi connectivity index (χ0v) is 14.9. The maximum atomic E-state index is 12.9. The number of nitrogens with one attached hydrogen (secondary N) is 1. The Bertz CT molecular complexity index is 819. The van der Waals surface area contributed by atoms with Gasteiger partial charge in [-0.3, -0.25) is 9.52 Å². The molecule has 1 aliphatic heterocycles. The van der Waals surface area contributed by atoms with Crippen LogP contribution in [0.15, 0.2) is 18.2 Å². The average molecular weight is 392 g/mol. The van der Waals surface area contributed by atoms with Gasteiger partial charge in [-0.25, -0.2) is 0 Å². The van der Waals surface area contributed by atoms with Crippen LogP contribution >= 0.6 is 0 Å². The number of halogens is 3. The standard InChI is InChI=1S/C16H19F3N2O4S/c1-11-9-12(3-4-13(11)20-26(23,24)16(17,18)19)14(22)21-7-2-8-25-10-15(21)5-6-15/h3-4,9,20H,2,5-8,10H2,1H3. The summed E-state index contributed by atoms with van der Waals surface area (Å²) in [6.45, 7) is 3.08. The smallest absolute Gasteiger partial charge is 0.379 e. The fourth-order valence-corrected chi connectivity index (χ4v) is 3.68. The summed E-state index contributed by atoms with van der Waals surface area (Å²) in [7, 11) is -5.50. The first-order chi connectivity index (χ1) is 12.1. The number of hydrogen-bond donors (Lipinski definition) is 1. The number of aryl methyl sites for hydroxylation is 1. The number of hydrogen-bond acceptors (Lipinski definition) is 4. The molecule has 1 N–H and O–H groups in total. The van der Waals surface area contributed by atoms with Crippen molar-refractivity contribution in [3.8, 4) is 0 Å². The van der Waals surface area contributed by atoms with Gasteiger partial charge in [0.2, 0.25) is 0 Å². The quantitative estimate of drug-likeness (QED) is 0.858. The summed E-state index contributed by atoms with van der Waals surface area (Å²) in [6, 6.07) is 3.92. The predicted molar refractivity (Wildman–Crippen MR) is 88.2 cm³/mol. The summed E-state index contributed by atoms with van der Waals surface area (Å²) in [6.07, 6.45) is 2.44. The summed E-state index contributed by atoms with van der Waals surface area (Å²) in [4.78, 5) is 14.6. The number of carbonyl (C=O) groups excluding carboxylic acids is 1. The molecule has 0 radical (unpaired) electrons. The average Bonchev–Trinajstić information content (AvgIpc) is 3.34. The SMILES string of the molecule is Cc1cc(C(=O)N2CCCOCC23CC3)ccc1NS(=O)(=O)C(F)(F)F. The topological polar surface area (TPSA) is 75.7 Å². The zero-order chi connectivity index (χ0) is 19.2. The predicted octanol–water partition coefficient (Wildman–Crippen LogP) is 2.65. The van der Waals surface area contributed by atoms with Gasteiger partial charge in [-0.15, -0.1) is 0 Å². The molecule has 1 saturated carbocycles. The highest BCUT2D eigenvalue weighted by Gasteiger charge is 2.51. The molecule has 1 amide bonds. The first-order valence-corrected chi connectivity index (χ1v) is 9.64. The lowest BCUT2D eigenvalue weighted by atomic mass is 10.1. The van der Waals surface area contributed by atoms with Crippen molar-refractivity contribution in [3.63, 3.8) is 0 Å². The summed E-state index contributed by atoms with van der Waals surface area (Å²) < 4.78 is 67.1. The fourth-order valence-electron chi connectivity index (χ4n) is 3.05. The Morgan fingerprint density at radius 1 is 1.31 bits per heavy atom. The summed E-state index contributed by atoms with van der Waals surface area (Å²) in [5.74, 6) is -0.221. The lowest BCUT2D eigenvalue weighted by Gasteiger charge is -2.29. The van der Waals surface area contributed by atoms with Crippen LogP contribution in [-0.4, -0.2) is 50.0 Å². The van der Waals surface area contributed by atoms with Crippen molar-refractivity contribution in [2.24, 2.45) is 0 Å². The zero-order valence-electron chi connectivity index (χ0n) is 14.1. The van der Waals surface area contributed by atoms with Gasteiger partial charge in [-0.05, 0) is 49.9 Å². The number of amides is 1. The second-order valence-corrected chi connectivity index (χ2v) is 8.34. The van der Waals surface area contributed by atoms with E-state index in [1.54, 1.807) is 4.90 Å². The van der Waals surface area contributed by atoms with Crippen molar-refractivity contribution in [1.82, 2.24) is 4.90 Å². The minimum Gasteiger partial charge on any atom is -0.379 e. The van der Waals surface area contributed by atoms with E-state index in [1.807, 2.05) is 0 Å². The molecule has 1 spiro atoms. The van der Waals surface area contributed by atoms with Gasteiger partial charge in [0.05, 0.1) is 17.8 Å². The molecule has 0 unspecified atom stereocenters. The van der Waals surface area contributed by atoms with E-state index in [-0.39, 0.29) is 22.7 Å². The van der Waals surface area contributed by atoms with Gasteiger partial charge in [0.1, 0.15) is 0 Å². The molecule has 26 heavy (non-hydrogen) atoms. The van der Waals surface area contributed by atoms with Crippen LogP contribution in [0, 0.1) is 6.92 Å². The van der Waals surface area contributed by atoms with Crippen LogP contribution in [0.5, 0.6) is 0 Å². The summed E-state index contributed by atoms with van der Waals surface area (Å²) in [5, 5.41) is 0.